The van der Waals surface area contributed by atoms with E-state index in [0.717, 1.165) is 61.2 Å². The molecule has 0 amide bonds. The first-order valence-electron chi connectivity index (χ1n) is 20.8. The molecule has 0 atom stereocenters. The van der Waals surface area contributed by atoms with Gasteiger partial charge >= 0.3 is 0 Å². The van der Waals surface area contributed by atoms with Crippen molar-refractivity contribution in [3.05, 3.63) is 231 Å². The summed E-state index contributed by atoms with van der Waals surface area (Å²) in [6.45, 7) is 0. The molecule has 0 saturated heterocycles. The van der Waals surface area contributed by atoms with E-state index in [1.165, 1.54) is 49.4 Å². The monoisotopic (exact) mass is 778 g/mol. The van der Waals surface area contributed by atoms with Gasteiger partial charge in [0, 0.05) is 38.8 Å². The Bertz CT molecular complexity index is 3470. The molecule has 2 heterocycles. The number of rotatable bonds is 7. The SMILES string of the molecule is c1ccc(-c2ccc(N(c3ccc(-c4ccccc4)cc3)c3ccc(-c4ccc5c(c4)c4ccccc4n5-c4ccccc4)c4oc5ccc6ccccc6c5c34)cc2)cc1. The first-order valence-corrected chi connectivity index (χ1v) is 20.8. The summed E-state index contributed by atoms with van der Waals surface area (Å²) < 4.78 is 9.47. The predicted molar refractivity (Wildman–Crippen MR) is 257 cm³/mol. The van der Waals surface area contributed by atoms with Gasteiger partial charge in [-0.15, -0.1) is 0 Å². The molecular weight excluding hydrogens is 741 g/mol. The second kappa shape index (κ2) is 14.3. The van der Waals surface area contributed by atoms with Crippen molar-refractivity contribution in [2.45, 2.75) is 0 Å². The summed E-state index contributed by atoms with van der Waals surface area (Å²) in [5.41, 5.74) is 15.3. The molecule has 0 bridgehead atoms. The zero-order valence-electron chi connectivity index (χ0n) is 33.2. The summed E-state index contributed by atoms with van der Waals surface area (Å²) in [4.78, 5) is 2.39. The smallest absolute Gasteiger partial charge is 0.145 e. The molecule has 0 spiro atoms. The van der Waals surface area contributed by atoms with Gasteiger partial charge in [-0.05, 0) is 111 Å². The third kappa shape index (κ3) is 5.82. The van der Waals surface area contributed by atoms with E-state index in [-0.39, 0.29) is 0 Å². The third-order valence-corrected chi connectivity index (χ3v) is 12.2. The fraction of sp³-hybridized carbons (Fsp3) is 0. The number of fused-ring (bicyclic) bond motifs is 8. The molecule has 0 aliphatic heterocycles. The Labute approximate surface area is 353 Å². The van der Waals surface area contributed by atoms with Gasteiger partial charge in [0.15, 0.2) is 0 Å². The minimum atomic E-state index is 0.863. The molecule has 10 aromatic carbocycles. The van der Waals surface area contributed by atoms with Crippen LogP contribution >= 0.6 is 0 Å². The maximum Gasteiger partial charge on any atom is 0.145 e. The van der Waals surface area contributed by atoms with E-state index >= 15 is 0 Å². The van der Waals surface area contributed by atoms with E-state index in [1.54, 1.807) is 0 Å². The lowest BCUT2D eigenvalue weighted by Gasteiger charge is -2.27. The Balaban J connectivity index is 1.11. The van der Waals surface area contributed by atoms with Crippen LogP contribution in [-0.4, -0.2) is 4.57 Å². The summed E-state index contributed by atoms with van der Waals surface area (Å²) >= 11 is 0. The number of benzene rings is 10. The fourth-order valence-electron chi connectivity index (χ4n) is 9.33. The molecule has 286 valence electrons. The van der Waals surface area contributed by atoms with Gasteiger partial charge in [0.25, 0.3) is 0 Å². The standard InChI is InChI=1S/C58H38N2O/c1-4-14-39(15-5-1)41-24-30-46(31-25-41)59(47-32-26-42(27-33-47)40-16-6-2-7-17-40)54-36-34-49(58-57(54)56-48-21-11-10-18-43(48)29-37-55(56)61-58)44-28-35-53-51(38-44)50-22-12-13-23-52(50)60(53)45-19-8-3-9-20-45/h1-38H. The molecule has 0 saturated carbocycles. The number of furan rings is 1. The number of nitrogens with zero attached hydrogens (tertiary/aromatic N) is 2. The highest BCUT2D eigenvalue weighted by atomic mass is 16.3. The number of hydrogen-bond donors (Lipinski definition) is 0. The number of para-hydroxylation sites is 2. The van der Waals surface area contributed by atoms with Gasteiger partial charge in [0.1, 0.15) is 11.2 Å². The summed E-state index contributed by atoms with van der Waals surface area (Å²) in [6, 6.07) is 82.7. The van der Waals surface area contributed by atoms with Crippen LogP contribution in [0.3, 0.4) is 0 Å². The minimum Gasteiger partial charge on any atom is -0.455 e. The molecule has 0 aliphatic carbocycles. The fourth-order valence-corrected chi connectivity index (χ4v) is 9.33. The van der Waals surface area contributed by atoms with Crippen LogP contribution in [0.2, 0.25) is 0 Å². The highest BCUT2D eigenvalue weighted by Gasteiger charge is 2.24. The molecule has 3 heteroatoms. The average Bonchev–Trinajstić information content (AvgIpc) is 3.90. The van der Waals surface area contributed by atoms with Crippen molar-refractivity contribution >= 4 is 71.6 Å². The highest BCUT2D eigenvalue weighted by Crippen LogP contribution is 2.48. The van der Waals surface area contributed by atoms with Crippen LogP contribution in [0.4, 0.5) is 17.1 Å². The van der Waals surface area contributed by atoms with Crippen LogP contribution in [0.5, 0.6) is 0 Å². The largest absolute Gasteiger partial charge is 0.455 e. The van der Waals surface area contributed by atoms with Crippen molar-refractivity contribution in [1.29, 1.82) is 0 Å². The van der Waals surface area contributed by atoms with Gasteiger partial charge in [0.2, 0.25) is 0 Å². The number of hydrogen-bond acceptors (Lipinski definition) is 2. The Kier molecular flexibility index (Phi) is 8.17. The van der Waals surface area contributed by atoms with Crippen LogP contribution in [0, 0.1) is 0 Å². The van der Waals surface area contributed by atoms with E-state index < -0.39 is 0 Å². The van der Waals surface area contributed by atoms with E-state index in [4.69, 9.17) is 4.42 Å². The Hall–Kier alpha value is -8.14. The molecule has 0 fully saturated rings. The normalized spacial score (nSPS) is 11.6. The van der Waals surface area contributed by atoms with Gasteiger partial charge in [-0.25, -0.2) is 0 Å². The van der Waals surface area contributed by atoms with Gasteiger partial charge in [-0.2, -0.15) is 0 Å². The van der Waals surface area contributed by atoms with Crippen LogP contribution in [0.1, 0.15) is 0 Å². The molecule has 3 nitrogen and oxygen atoms in total. The highest BCUT2D eigenvalue weighted by molar-refractivity contribution is 6.25. The van der Waals surface area contributed by atoms with Crippen molar-refractivity contribution in [2.24, 2.45) is 0 Å². The van der Waals surface area contributed by atoms with Crippen molar-refractivity contribution in [3.63, 3.8) is 0 Å². The van der Waals surface area contributed by atoms with Crippen molar-refractivity contribution in [3.8, 4) is 39.1 Å². The summed E-state index contributed by atoms with van der Waals surface area (Å²) in [5.74, 6) is 0. The molecule has 0 unspecified atom stereocenters. The molecule has 0 aliphatic rings. The summed E-state index contributed by atoms with van der Waals surface area (Å²) in [5, 5.41) is 6.95. The Morgan fingerprint density at radius 2 is 0.902 bits per heavy atom. The lowest BCUT2D eigenvalue weighted by Crippen LogP contribution is -2.10. The van der Waals surface area contributed by atoms with Gasteiger partial charge in [-0.3, -0.25) is 0 Å². The number of anilines is 3. The van der Waals surface area contributed by atoms with Gasteiger partial charge < -0.3 is 13.9 Å². The first-order chi connectivity index (χ1) is 30.3. The molecule has 0 N–H and O–H groups in total. The molecule has 12 rings (SSSR count). The van der Waals surface area contributed by atoms with Gasteiger partial charge in [-0.1, -0.05) is 158 Å². The summed E-state index contributed by atoms with van der Waals surface area (Å²) in [7, 11) is 0. The Morgan fingerprint density at radius 3 is 1.57 bits per heavy atom. The van der Waals surface area contributed by atoms with Crippen molar-refractivity contribution in [2.75, 3.05) is 4.90 Å². The predicted octanol–water partition coefficient (Wildman–Crippen LogP) is 16.3. The molecule has 61 heavy (non-hydrogen) atoms. The van der Waals surface area contributed by atoms with Crippen LogP contribution in [-0.2, 0) is 0 Å². The zero-order valence-corrected chi connectivity index (χ0v) is 33.2. The second-order valence-corrected chi connectivity index (χ2v) is 15.7. The lowest BCUT2D eigenvalue weighted by atomic mass is 9.96. The number of aromatic nitrogens is 1. The second-order valence-electron chi connectivity index (χ2n) is 15.7. The van der Waals surface area contributed by atoms with Crippen molar-refractivity contribution < 1.29 is 4.42 Å². The minimum absolute atomic E-state index is 0.863. The average molecular weight is 779 g/mol. The lowest BCUT2D eigenvalue weighted by molar-refractivity contribution is 0.670. The maximum absolute atomic E-state index is 7.10. The molecule has 12 aromatic rings. The Morgan fingerprint density at radius 1 is 0.361 bits per heavy atom. The summed E-state index contributed by atoms with van der Waals surface area (Å²) in [6.07, 6.45) is 0. The first kappa shape index (κ1) is 34.9. The molecule has 0 radical (unpaired) electrons. The van der Waals surface area contributed by atoms with Crippen LogP contribution in [0.15, 0.2) is 235 Å². The maximum atomic E-state index is 7.10. The zero-order chi connectivity index (χ0) is 40.3. The third-order valence-electron chi connectivity index (χ3n) is 12.2. The topological polar surface area (TPSA) is 21.3 Å². The van der Waals surface area contributed by atoms with Crippen molar-refractivity contribution in [1.82, 2.24) is 4.57 Å². The van der Waals surface area contributed by atoms with E-state index in [9.17, 15) is 0 Å². The van der Waals surface area contributed by atoms with Gasteiger partial charge in [0.05, 0.1) is 22.1 Å². The van der Waals surface area contributed by atoms with E-state index in [2.05, 4.69) is 240 Å². The van der Waals surface area contributed by atoms with Crippen LogP contribution < -0.4 is 4.90 Å². The quantitative estimate of drug-likeness (QED) is 0.161. The molecule has 2 aromatic heterocycles. The molecular formula is C58H38N2O. The van der Waals surface area contributed by atoms with E-state index in [0.29, 0.717) is 0 Å². The van der Waals surface area contributed by atoms with Crippen LogP contribution in [0.25, 0.3) is 93.6 Å². The van der Waals surface area contributed by atoms with E-state index in [1.807, 2.05) is 0 Å².